The molecule has 1 aliphatic carbocycles. The number of pyridine rings is 1. The van der Waals surface area contributed by atoms with Crippen molar-refractivity contribution in [1.82, 2.24) is 4.98 Å². The number of aromatic hydroxyl groups is 1. The fourth-order valence-electron chi connectivity index (χ4n) is 7.62. The van der Waals surface area contributed by atoms with Gasteiger partial charge in [0.2, 0.25) is 0 Å². The van der Waals surface area contributed by atoms with Crippen molar-refractivity contribution in [2.24, 2.45) is 0 Å². The van der Waals surface area contributed by atoms with E-state index in [0.717, 1.165) is 44.9 Å². The minimum Gasteiger partial charge on any atom is -0.679 e. The molecule has 0 amide bonds. The monoisotopic (exact) mass is 837 g/mol. The van der Waals surface area contributed by atoms with Gasteiger partial charge < -0.3 is 25.3 Å². The van der Waals surface area contributed by atoms with E-state index in [2.05, 4.69) is 151 Å². The summed E-state index contributed by atoms with van der Waals surface area (Å²) in [7, 11) is 0. The third-order valence-corrected chi connectivity index (χ3v) is 10.1. The molecule has 5 aromatic carbocycles. The number of aromatic nitrogens is 1. The van der Waals surface area contributed by atoms with Gasteiger partial charge >= 0.3 is 0 Å². The molecule has 0 spiro atoms. The van der Waals surface area contributed by atoms with E-state index in [-0.39, 0.29) is 40.7 Å². The number of phenols is 1. The van der Waals surface area contributed by atoms with Crippen LogP contribution in [0.15, 0.2) is 121 Å². The minimum atomic E-state index is -0.506. The number of rotatable bonds is 8. The van der Waals surface area contributed by atoms with Crippen LogP contribution in [0.5, 0.6) is 5.75 Å². The molecule has 6 aromatic rings. The number of hydrogen-bond donors (Lipinski definition) is 1. The SMILES string of the molecule is Cc1cc(-c2ccccc2-c2cccc(C[N-]c3c(C(C)C)cccc3C(C)C)n2)c(O)c(C2(C)c3ccccc3-c3ccccc32)c1.[CH3-].[CH3-].[Hf]. The Morgan fingerprint density at radius 2 is 1.12 bits per heavy atom. The molecule has 0 saturated heterocycles. The van der Waals surface area contributed by atoms with Crippen LogP contribution in [-0.2, 0) is 37.8 Å². The Bertz CT molecular complexity index is 2080. The Hall–Kier alpha value is -4.28. The first-order valence-electron chi connectivity index (χ1n) is 17.1. The van der Waals surface area contributed by atoms with E-state index in [0.29, 0.717) is 24.1 Å². The summed E-state index contributed by atoms with van der Waals surface area (Å²) < 4.78 is 0. The third kappa shape index (κ3) is 7.00. The van der Waals surface area contributed by atoms with Crippen LogP contribution in [0.4, 0.5) is 5.69 Å². The fraction of sp³-hybridized carbons (Fsp3) is 0.213. The van der Waals surface area contributed by atoms with E-state index in [1.807, 2.05) is 12.1 Å². The number of nitrogens with zero attached hydrogens (tertiary/aromatic N) is 2. The summed E-state index contributed by atoms with van der Waals surface area (Å²) in [6, 6.07) is 42.4. The Kier molecular flexibility index (Phi) is 12.4. The number of hydrogen-bond acceptors (Lipinski definition) is 2. The van der Waals surface area contributed by atoms with E-state index in [1.165, 1.54) is 33.4 Å². The maximum atomic E-state index is 12.3. The van der Waals surface area contributed by atoms with Crippen LogP contribution in [0, 0.1) is 21.8 Å². The van der Waals surface area contributed by atoms with Gasteiger partial charge in [-0.2, -0.15) is 0 Å². The molecule has 0 aliphatic heterocycles. The molecule has 0 bridgehead atoms. The molecule has 0 saturated carbocycles. The normalized spacial score (nSPS) is 12.3. The smallest absolute Gasteiger partial charge is 0.127 e. The van der Waals surface area contributed by atoms with Gasteiger partial charge in [-0.3, -0.25) is 4.98 Å². The third-order valence-electron chi connectivity index (χ3n) is 10.1. The van der Waals surface area contributed by atoms with Crippen molar-refractivity contribution in [3.63, 3.8) is 0 Å². The van der Waals surface area contributed by atoms with E-state index in [9.17, 15) is 5.11 Å². The number of aryl methyl sites for hydroxylation is 1. The molecule has 1 heterocycles. The van der Waals surface area contributed by atoms with Crippen molar-refractivity contribution in [3.8, 4) is 39.3 Å². The van der Waals surface area contributed by atoms with Gasteiger partial charge in [0.05, 0.1) is 5.69 Å². The molecule has 1 N–H and O–H groups in total. The zero-order valence-electron chi connectivity index (χ0n) is 31.3. The first-order chi connectivity index (χ1) is 23.2. The Balaban J connectivity index is 0.00000194. The minimum absolute atomic E-state index is 0. The summed E-state index contributed by atoms with van der Waals surface area (Å²) in [5.41, 5.74) is 14.5. The van der Waals surface area contributed by atoms with Crippen molar-refractivity contribution in [1.29, 1.82) is 0 Å². The van der Waals surface area contributed by atoms with Crippen LogP contribution in [0.3, 0.4) is 0 Å². The molecule has 4 heteroatoms. The summed E-state index contributed by atoms with van der Waals surface area (Å²) in [4.78, 5) is 5.14. The Morgan fingerprint density at radius 1 is 0.608 bits per heavy atom. The molecule has 51 heavy (non-hydrogen) atoms. The number of fused-ring (bicyclic) bond motifs is 3. The maximum Gasteiger partial charge on any atom is 0.127 e. The van der Waals surface area contributed by atoms with Gasteiger partial charge in [0.1, 0.15) is 5.75 Å². The second-order valence-electron chi connectivity index (χ2n) is 13.9. The summed E-state index contributed by atoms with van der Waals surface area (Å²) in [6.07, 6.45) is 0. The summed E-state index contributed by atoms with van der Waals surface area (Å²) in [5.74, 6) is 1.07. The van der Waals surface area contributed by atoms with Crippen LogP contribution in [0.25, 0.3) is 38.8 Å². The standard InChI is InChI=1S/C45H43N2O.2CH3.Hf/c1-28(2)32-20-14-21-33(29(3)4)43(32)46-27-31-15-13-24-42(47-31)37-19-8-7-16-34(37)38-25-30(5)26-41(44(38)48)45(6)39-22-11-9-17-35(39)36-18-10-12-23-40(36)45;;;/h7-26,28-29H,27H2,1-6H3,(H,47,48);2*1H3;/q3*-1;. The van der Waals surface area contributed by atoms with Gasteiger partial charge in [-0.05, 0) is 77.3 Å². The van der Waals surface area contributed by atoms with Gasteiger partial charge in [-0.25, -0.2) is 0 Å². The Labute approximate surface area is 325 Å². The van der Waals surface area contributed by atoms with Gasteiger partial charge in [-0.1, -0.05) is 148 Å². The topological polar surface area (TPSA) is 47.2 Å². The van der Waals surface area contributed by atoms with Crippen LogP contribution in [0.1, 0.15) is 85.5 Å². The molecule has 3 nitrogen and oxygen atoms in total. The van der Waals surface area contributed by atoms with E-state index in [1.54, 1.807) is 0 Å². The second kappa shape index (κ2) is 15.9. The molecule has 0 unspecified atom stereocenters. The van der Waals surface area contributed by atoms with Crippen molar-refractivity contribution in [3.05, 3.63) is 181 Å². The number of phenolic OH excluding ortho intramolecular Hbond substituents is 1. The van der Waals surface area contributed by atoms with Gasteiger partial charge in [0.15, 0.2) is 0 Å². The Morgan fingerprint density at radius 3 is 1.69 bits per heavy atom. The van der Waals surface area contributed by atoms with Crippen LogP contribution in [0.2, 0.25) is 0 Å². The van der Waals surface area contributed by atoms with E-state index >= 15 is 0 Å². The number of benzene rings is 5. The van der Waals surface area contributed by atoms with Crippen molar-refractivity contribution >= 4 is 5.69 Å². The molecule has 0 radical (unpaired) electrons. The van der Waals surface area contributed by atoms with E-state index < -0.39 is 5.41 Å². The average molecular weight is 836 g/mol. The first kappa shape index (κ1) is 39.5. The van der Waals surface area contributed by atoms with Crippen LogP contribution >= 0.6 is 0 Å². The molecule has 0 fully saturated rings. The van der Waals surface area contributed by atoms with Crippen molar-refractivity contribution < 1.29 is 30.9 Å². The molecule has 260 valence electrons. The summed E-state index contributed by atoms with van der Waals surface area (Å²) in [5, 5.41) is 17.4. The fourth-order valence-corrected chi connectivity index (χ4v) is 7.62. The molecule has 1 aliphatic rings. The van der Waals surface area contributed by atoms with E-state index in [4.69, 9.17) is 10.3 Å². The molecule has 1 aromatic heterocycles. The number of para-hydroxylation sites is 1. The van der Waals surface area contributed by atoms with Crippen LogP contribution < -0.4 is 0 Å². The first-order valence-corrected chi connectivity index (χ1v) is 17.1. The molecular formula is C47H49HfN2O-3. The summed E-state index contributed by atoms with van der Waals surface area (Å²) >= 11 is 0. The molecule has 0 atom stereocenters. The molecular weight excluding hydrogens is 787 g/mol. The van der Waals surface area contributed by atoms with Gasteiger partial charge in [0.25, 0.3) is 0 Å². The predicted octanol–water partition coefficient (Wildman–Crippen LogP) is 13.1. The average Bonchev–Trinajstić information content (AvgIpc) is 3.36. The van der Waals surface area contributed by atoms with Gasteiger partial charge in [-0.15, -0.1) is 5.69 Å². The second-order valence-corrected chi connectivity index (χ2v) is 13.9. The zero-order valence-corrected chi connectivity index (χ0v) is 34.8. The van der Waals surface area contributed by atoms with Gasteiger partial charge in [0, 0.05) is 53.6 Å². The van der Waals surface area contributed by atoms with Crippen LogP contribution in [-0.4, -0.2) is 10.1 Å². The quantitative estimate of drug-likeness (QED) is 0.123. The van der Waals surface area contributed by atoms with Crippen molar-refractivity contribution in [2.75, 3.05) is 0 Å². The summed E-state index contributed by atoms with van der Waals surface area (Å²) in [6.45, 7) is 13.8. The zero-order chi connectivity index (χ0) is 33.6. The molecule has 7 rings (SSSR count). The predicted molar refractivity (Wildman–Crippen MR) is 213 cm³/mol. The largest absolute Gasteiger partial charge is 0.679 e. The van der Waals surface area contributed by atoms with Crippen molar-refractivity contribution in [2.45, 2.75) is 65.3 Å². The maximum absolute atomic E-state index is 12.3.